The molecule has 1 aliphatic rings. The van der Waals surface area contributed by atoms with E-state index in [0.29, 0.717) is 30.1 Å². The largest absolute Gasteiger partial charge is 0.513 e. The average molecular weight is 587 g/mol. The van der Waals surface area contributed by atoms with Crippen molar-refractivity contribution in [2.24, 2.45) is 0 Å². The molecule has 2 heterocycles. The summed E-state index contributed by atoms with van der Waals surface area (Å²) in [6, 6.07) is 10.0. The fourth-order valence-corrected chi connectivity index (χ4v) is 6.00. The number of hydrogen-bond acceptors (Lipinski definition) is 7. The second-order valence-corrected chi connectivity index (χ2v) is 12.0. The zero-order valence-electron chi connectivity index (χ0n) is 25.7. The van der Waals surface area contributed by atoms with Gasteiger partial charge in [-0.05, 0) is 25.0 Å². The summed E-state index contributed by atoms with van der Waals surface area (Å²) in [5.41, 5.74) is 2.86. The highest BCUT2D eigenvalue weighted by Gasteiger charge is 2.41. The molecule has 0 saturated carbocycles. The van der Waals surface area contributed by atoms with Gasteiger partial charge in [-0.1, -0.05) is 109 Å². The highest BCUT2D eigenvalue weighted by molar-refractivity contribution is 6.99. The van der Waals surface area contributed by atoms with Gasteiger partial charge in [0.05, 0.1) is 44.1 Å². The Balaban J connectivity index is 1.55. The number of likely N-dealkylation sites (N-methyl/N-ethyl adjacent to an activating group) is 1. The number of carbonyl (C=O) groups excluding carboxylic acids is 1. The highest BCUT2D eigenvalue weighted by atomic mass is 32.1. The molecule has 2 aromatic rings. The monoisotopic (exact) mass is 586 g/mol. The molecule has 2 atom stereocenters. The summed E-state index contributed by atoms with van der Waals surface area (Å²) in [5.74, 6) is 0.615. The Morgan fingerprint density at radius 2 is 1.51 bits per heavy atom. The number of rotatable bonds is 20. The van der Waals surface area contributed by atoms with Crippen LogP contribution in [0.4, 0.5) is 4.79 Å². The predicted molar refractivity (Wildman–Crippen MR) is 167 cm³/mol. The SMILES string of the molecule is CCCCCCCCCCCOC(=O)OC(c1ccccc1)[N+]1(C)CCC=C(c2nsnc2OCCCCCC)C1. The van der Waals surface area contributed by atoms with Crippen LogP contribution < -0.4 is 4.74 Å². The molecular formula is C33H52N3O4S+. The summed E-state index contributed by atoms with van der Waals surface area (Å²) >= 11 is 1.19. The number of carbonyl (C=O) groups is 1. The van der Waals surface area contributed by atoms with Crippen LogP contribution in [0.3, 0.4) is 0 Å². The maximum atomic E-state index is 12.9. The van der Waals surface area contributed by atoms with Crippen molar-refractivity contribution in [1.29, 1.82) is 0 Å². The van der Waals surface area contributed by atoms with Crippen LogP contribution in [-0.4, -0.2) is 52.7 Å². The molecular weight excluding hydrogens is 534 g/mol. The summed E-state index contributed by atoms with van der Waals surface area (Å²) in [4.78, 5) is 12.9. The fourth-order valence-electron chi connectivity index (χ4n) is 5.47. The van der Waals surface area contributed by atoms with Gasteiger partial charge >= 0.3 is 6.16 Å². The van der Waals surface area contributed by atoms with E-state index >= 15 is 0 Å². The van der Waals surface area contributed by atoms with Crippen LogP contribution in [0.5, 0.6) is 5.88 Å². The maximum Gasteiger partial charge on any atom is 0.513 e. The minimum Gasteiger partial charge on any atom is -0.475 e. The molecule has 0 saturated heterocycles. The fraction of sp³-hybridized carbons (Fsp3) is 0.667. The van der Waals surface area contributed by atoms with E-state index in [4.69, 9.17) is 14.2 Å². The van der Waals surface area contributed by atoms with Gasteiger partial charge in [0.15, 0.2) is 0 Å². The van der Waals surface area contributed by atoms with E-state index in [2.05, 4.69) is 35.7 Å². The van der Waals surface area contributed by atoms with Gasteiger partial charge in [-0.2, -0.15) is 4.37 Å². The molecule has 0 radical (unpaired) electrons. The molecule has 0 fully saturated rings. The Bertz CT molecular complexity index is 1030. The number of aromatic nitrogens is 2. The zero-order chi connectivity index (χ0) is 29.2. The topological polar surface area (TPSA) is 70.5 Å². The molecule has 8 heteroatoms. The molecule has 3 rings (SSSR count). The van der Waals surface area contributed by atoms with Crippen molar-refractivity contribution in [1.82, 2.24) is 8.75 Å². The second kappa shape index (κ2) is 18.9. The van der Waals surface area contributed by atoms with Gasteiger partial charge in [-0.25, -0.2) is 4.79 Å². The number of unbranched alkanes of at least 4 members (excludes halogenated alkanes) is 11. The number of ether oxygens (including phenoxy) is 3. The minimum atomic E-state index is -0.597. The molecule has 0 bridgehead atoms. The molecule has 228 valence electrons. The van der Waals surface area contributed by atoms with Gasteiger partial charge in [0.2, 0.25) is 0 Å². The van der Waals surface area contributed by atoms with Crippen molar-refractivity contribution < 1.29 is 23.5 Å². The second-order valence-electron chi connectivity index (χ2n) is 11.5. The summed E-state index contributed by atoms with van der Waals surface area (Å²) in [6.45, 7) is 6.99. The predicted octanol–water partition coefficient (Wildman–Crippen LogP) is 9.11. The molecule has 2 unspecified atom stereocenters. The van der Waals surface area contributed by atoms with E-state index in [1.54, 1.807) is 0 Å². The Kier molecular flexibility index (Phi) is 15.2. The van der Waals surface area contributed by atoms with Crippen molar-refractivity contribution in [3.63, 3.8) is 0 Å². The van der Waals surface area contributed by atoms with Gasteiger partial charge in [0.1, 0.15) is 12.2 Å². The van der Waals surface area contributed by atoms with Crippen LogP contribution in [-0.2, 0) is 9.47 Å². The Hall–Kier alpha value is -2.45. The van der Waals surface area contributed by atoms with Crippen LogP contribution in [0.1, 0.15) is 121 Å². The molecule has 0 N–H and O–H groups in total. The van der Waals surface area contributed by atoms with Gasteiger partial charge in [0.25, 0.3) is 12.1 Å². The minimum absolute atomic E-state index is 0.397. The maximum absolute atomic E-state index is 12.9. The molecule has 1 aliphatic heterocycles. The summed E-state index contributed by atoms with van der Waals surface area (Å²) in [5, 5.41) is 0. The Morgan fingerprint density at radius 1 is 0.878 bits per heavy atom. The first-order valence-electron chi connectivity index (χ1n) is 15.9. The molecule has 0 spiro atoms. The van der Waals surface area contributed by atoms with E-state index in [-0.39, 0.29) is 0 Å². The average Bonchev–Trinajstić information content (AvgIpc) is 3.46. The third kappa shape index (κ3) is 11.4. The lowest BCUT2D eigenvalue weighted by Crippen LogP contribution is -2.51. The number of benzene rings is 1. The third-order valence-corrected chi connectivity index (χ3v) is 8.40. The number of hydrogen-bond donors (Lipinski definition) is 0. The third-order valence-electron chi connectivity index (χ3n) is 7.89. The smallest absolute Gasteiger partial charge is 0.475 e. The molecule has 0 aliphatic carbocycles. The first kappa shape index (κ1) is 33.1. The van der Waals surface area contributed by atoms with Crippen LogP contribution in [0.25, 0.3) is 5.57 Å². The summed E-state index contributed by atoms with van der Waals surface area (Å²) in [6.07, 6.45) is 17.6. The van der Waals surface area contributed by atoms with Gasteiger partial charge in [-0.15, -0.1) is 4.37 Å². The van der Waals surface area contributed by atoms with E-state index in [1.807, 2.05) is 30.3 Å². The van der Waals surface area contributed by atoms with Crippen molar-refractivity contribution in [2.75, 3.05) is 33.4 Å². The molecule has 41 heavy (non-hydrogen) atoms. The molecule has 1 aromatic carbocycles. The van der Waals surface area contributed by atoms with Gasteiger partial charge in [0, 0.05) is 12.0 Å². The lowest BCUT2D eigenvalue weighted by atomic mass is 10.0. The molecule has 0 amide bonds. The standard InChI is InChI=1S/C33H52N3O4S/c1-4-6-8-10-11-12-13-14-19-26-39-33(37)40-32(28-21-16-15-17-22-28)36(3)24-20-23-29(27-36)30-31(35-41-34-30)38-25-18-9-7-5-2/h15-17,21-23,32H,4-14,18-20,24-27H2,1-3H3/q+1. The number of nitrogens with zero attached hydrogens (tertiary/aromatic N) is 3. The zero-order valence-corrected chi connectivity index (χ0v) is 26.5. The van der Waals surface area contributed by atoms with E-state index in [0.717, 1.165) is 55.5 Å². The Morgan fingerprint density at radius 3 is 2.22 bits per heavy atom. The molecule has 7 nitrogen and oxygen atoms in total. The van der Waals surface area contributed by atoms with Crippen molar-refractivity contribution >= 4 is 23.5 Å². The summed E-state index contributed by atoms with van der Waals surface area (Å²) < 4.78 is 27.2. The quantitative estimate of drug-likeness (QED) is 0.0875. The first-order valence-corrected chi connectivity index (χ1v) is 16.7. The lowest BCUT2D eigenvalue weighted by molar-refractivity contribution is -0.953. The highest BCUT2D eigenvalue weighted by Crippen LogP contribution is 2.37. The van der Waals surface area contributed by atoms with Crippen LogP contribution in [0.2, 0.25) is 0 Å². The van der Waals surface area contributed by atoms with E-state index in [9.17, 15) is 4.79 Å². The Labute approximate surface area is 252 Å². The van der Waals surface area contributed by atoms with E-state index in [1.165, 1.54) is 69.5 Å². The lowest BCUT2D eigenvalue weighted by Gasteiger charge is -2.42. The summed E-state index contributed by atoms with van der Waals surface area (Å²) in [7, 11) is 2.14. The van der Waals surface area contributed by atoms with Crippen LogP contribution in [0.15, 0.2) is 36.4 Å². The van der Waals surface area contributed by atoms with Crippen molar-refractivity contribution in [3.8, 4) is 5.88 Å². The van der Waals surface area contributed by atoms with Gasteiger partial charge in [-0.3, -0.25) is 4.48 Å². The first-order chi connectivity index (χ1) is 20.1. The van der Waals surface area contributed by atoms with Crippen LogP contribution >= 0.6 is 11.7 Å². The number of quaternary nitrogens is 1. The van der Waals surface area contributed by atoms with E-state index < -0.39 is 12.4 Å². The normalized spacial score (nSPS) is 17.6. The molecule has 1 aromatic heterocycles. The van der Waals surface area contributed by atoms with Gasteiger partial charge < -0.3 is 14.2 Å². The van der Waals surface area contributed by atoms with Crippen molar-refractivity contribution in [2.45, 2.75) is 110 Å². The van der Waals surface area contributed by atoms with Crippen molar-refractivity contribution in [3.05, 3.63) is 47.7 Å². The van der Waals surface area contributed by atoms with Crippen LogP contribution in [0, 0.1) is 0 Å².